The molecule has 100 valence electrons. The van der Waals surface area contributed by atoms with Gasteiger partial charge in [-0.05, 0) is 18.8 Å². The molecule has 2 rings (SSSR count). The van der Waals surface area contributed by atoms with Gasteiger partial charge < -0.3 is 5.32 Å². The minimum atomic E-state index is -0.255. The first-order chi connectivity index (χ1) is 8.68. The number of nitrogens with zero attached hydrogens (tertiary/aromatic N) is 3. The van der Waals surface area contributed by atoms with E-state index in [4.69, 9.17) is 0 Å². The van der Waals surface area contributed by atoms with Crippen molar-refractivity contribution >= 4 is 5.91 Å². The smallest absolute Gasteiger partial charge is 0.245 e. The highest BCUT2D eigenvalue weighted by Crippen LogP contribution is 2.20. The molecule has 1 N–H and O–H groups in total. The number of carbonyl (C=O) groups excluding carboxylic acids is 1. The largest absolute Gasteiger partial charge is 0.352 e. The van der Waals surface area contributed by atoms with Crippen molar-refractivity contribution in [1.82, 2.24) is 20.3 Å². The highest BCUT2D eigenvalue weighted by atomic mass is 16.2. The van der Waals surface area contributed by atoms with Crippen LogP contribution in [-0.2, 0) is 4.79 Å². The van der Waals surface area contributed by atoms with Gasteiger partial charge in [-0.2, -0.15) is 0 Å². The van der Waals surface area contributed by atoms with E-state index >= 15 is 0 Å². The Labute approximate surface area is 108 Å². The van der Waals surface area contributed by atoms with E-state index in [-0.39, 0.29) is 17.9 Å². The Hall–Kier alpha value is -1.39. The molecule has 0 bridgehead atoms. The number of hydrogen-bond donors (Lipinski definition) is 1. The second-order valence-electron chi connectivity index (χ2n) is 5.42. The Kier molecular flexibility index (Phi) is 4.33. The van der Waals surface area contributed by atoms with Gasteiger partial charge in [0.15, 0.2) is 0 Å². The van der Waals surface area contributed by atoms with Crippen LogP contribution in [-0.4, -0.2) is 26.9 Å². The molecule has 1 atom stereocenters. The van der Waals surface area contributed by atoms with Crippen LogP contribution < -0.4 is 5.32 Å². The van der Waals surface area contributed by atoms with E-state index in [1.54, 1.807) is 17.1 Å². The van der Waals surface area contributed by atoms with Crippen LogP contribution >= 0.6 is 0 Å². The zero-order valence-corrected chi connectivity index (χ0v) is 11.2. The zero-order chi connectivity index (χ0) is 13.0. The van der Waals surface area contributed by atoms with Gasteiger partial charge in [-0.25, -0.2) is 4.68 Å². The standard InChI is InChI=1S/C13H22N4O/c1-10(2)12(17-9-8-14-16-17)13(18)15-11-6-4-3-5-7-11/h8-12H,3-7H2,1-2H3,(H,15,18). The number of aromatic nitrogens is 3. The van der Waals surface area contributed by atoms with Crippen molar-refractivity contribution < 1.29 is 4.79 Å². The van der Waals surface area contributed by atoms with Crippen molar-refractivity contribution in [2.75, 3.05) is 0 Å². The average Bonchev–Trinajstić information content (AvgIpc) is 2.83. The summed E-state index contributed by atoms with van der Waals surface area (Å²) in [5, 5.41) is 10.9. The van der Waals surface area contributed by atoms with E-state index in [0.29, 0.717) is 6.04 Å². The van der Waals surface area contributed by atoms with Crippen molar-refractivity contribution in [1.29, 1.82) is 0 Å². The first kappa shape index (κ1) is 13.1. The summed E-state index contributed by atoms with van der Waals surface area (Å²) in [4.78, 5) is 12.4. The molecule has 1 unspecified atom stereocenters. The monoisotopic (exact) mass is 250 g/mol. The van der Waals surface area contributed by atoms with Crippen LogP contribution in [0.2, 0.25) is 0 Å². The predicted octanol–water partition coefficient (Wildman–Crippen LogP) is 1.92. The van der Waals surface area contributed by atoms with Crippen LogP contribution in [0, 0.1) is 5.92 Å². The average molecular weight is 250 g/mol. The Morgan fingerprint density at radius 3 is 2.61 bits per heavy atom. The van der Waals surface area contributed by atoms with Gasteiger partial charge in [-0.15, -0.1) is 5.10 Å². The third-order valence-electron chi connectivity index (χ3n) is 3.58. The van der Waals surface area contributed by atoms with E-state index in [1.165, 1.54) is 19.3 Å². The van der Waals surface area contributed by atoms with Gasteiger partial charge >= 0.3 is 0 Å². The summed E-state index contributed by atoms with van der Waals surface area (Å²) in [5.74, 6) is 0.276. The Balaban J connectivity index is 2.00. The Morgan fingerprint density at radius 2 is 2.06 bits per heavy atom. The van der Waals surface area contributed by atoms with Gasteiger partial charge in [0.2, 0.25) is 5.91 Å². The van der Waals surface area contributed by atoms with Gasteiger partial charge in [0, 0.05) is 12.2 Å². The van der Waals surface area contributed by atoms with Crippen molar-refractivity contribution in [3.63, 3.8) is 0 Å². The van der Waals surface area contributed by atoms with Crippen LogP contribution in [0.3, 0.4) is 0 Å². The third kappa shape index (κ3) is 3.09. The van der Waals surface area contributed by atoms with Gasteiger partial charge in [-0.3, -0.25) is 4.79 Å². The normalized spacial score (nSPS) is 18.8. The topological polar surface area (TPSA) is 59.8 Å². The van der Waals surface area contributed by atoms with E-state index in [1.807, 2.05) is 13.8 Å². The second kappa shape index (κ2) is 5.98. The van der Waals surface area contributed by atoms with Crippen LogP contribution in [0.4, 0.5) is 0 Å². The molecule has 5 nitrogen and oxygen atoms in total. The van der Waals surface area contributed by atoms with Crippen molar-refractivity contribution in [3.8, 4) is 0 Å². The second-order valence-corrected chi connectivity index (χ2v) is 5.42. The van der Waals surface area contributed by atoms with Crippen LogP contribution in [0.15, 0.2) is 12.4 Å². The molecular weight excluding hydrogens is 228 g/mol. The molecule has 5 heteroatoms. The van der Waals surface area contributed by atoms with Crippen molar-refractivity contribution in [2.45, 2.75) is 58.0 Å². The summed E-state index contributed by atoms with van der Waals surface area (Å²) in [7, 11) is 0. The fraction of sp³-hybridized carbons (Fsp3) is 0.769. The molecule has 1 fully saturated rings. The summed E-state index contributed by atoms with van der Waals surface area (Å²) < 4.78 is 1.66. The van der Waals surface area contributed by atoms with Crippen LogP contribution in [0.1, 0.15) is 52.0 Å². The van der Waals surface area contributed by atoms with E-state index in [2.05, 4.69) is 15.6 Å². The third-order valence-corrected chi connectivity index (χ3v) is 3.58. The van der Waals surface area contributed by atoms with E-state index in [0.717, 1.165) is 12.8 Å². The molecule has 1 aliphatic carbocycles. The Morgan fingerprint density at radius 1 is 1.33 bits per heavy atom. The predicted molar refractivity (Wildman–Crippen MR) is 68.9 cm³/mol. The molecule has 0 radical (unpaired) electrons. The van der Waals surface area contributed by atoms with Gasteiger partial charge in [0.25, 0.3) is 0 Å². The maximum absolute atomic E-state index is 12.4. The van der Waals surface area contributed by atoms with E-state index in [9.17, 15) is 4.79 Å². The van der Waals surface area contributed by atoms with Crippen LogP contribution in [0.25, 0.3) is 0 Å². The van der Waals surface area contributed by atoms with Crippen molar-refractivity contribution in [2.24, 2.45) is 5.92 Å². The van der Waals surface area contributed by atoms with Gasteiger partial charge in [0.05, 0.1) is 6.20 Å². The zero-order valence-electron chi connectivity index (χ0n) is 11.2. The number of nitrogens with one attached hydrogen (secondary N) is 1. The minimum absolute atomic E-state index is 0.0717. The molecule has 1 aliphatic rings. The minimum Gasteiger partial charge on any atom is -0.352 e. The molecule has 1 saturated carbocycles. The number of carbonyl (C=O) groups is 1. The number of amides is 1. The maximum atomic E-state index is 12.4. The molecule has 1 aromatic rings. The molecule has 18 heavy (non-hydrogen) atoms. The lowest BCUT2D eigenvalue weighted by Gasteiger charge is -2.26. The number of hydrogen-bond acceptors (Lipinski definition) is 3. The van der Waals surface area contributed by atoms with Crippen LogP contribution in [0.5, 0.6) is 0 Å². The lowest BCUT2D eigenvalue weighted by atomic mass is 9.94. The highest BCUT2D eigenvalue weighted by Gasteiger charge is 2.27. The van der Waals surface area contributed by atoms with E-state index < -0.39 is 0 Å². The lowest BCUT2D eigenvalue weighted by molar-refractivity contribution is -0.126. The first-order valence-electron chi connectivity index (χ1n) is 6.84. The fourth-order valence-corrected chi connectivity index (χ4v) is 2.63. The molecule has 0 saturated heterocycles. The summed E-state index contributed by atoms with van der Waals surface area (Å²) in [6.45, 7) is 4.07. The Bertz CT molecular complexity index is 368. The molecule has 1 aromatic heterocycles. The highest BCUT2D eigenvalue weighted by molar-refractivity contribution is 5.80. The summed E-state index contributed by atoms with van der Waals surface area (Å²) in [6, 6.07) is 0.0884. The maximum Gasteiger partial charge on any atom is 0.245 e. The SMILES string of the molecule is CC(C)C(C(=O)NC1CCCCC1)n1ccnn1. The summed E-state index contributed by atoms with van der Waals surface area (Å²) in [6.07, 6.45) is 9.32. The summed E-state index contributed by atoms with van der Waals surface area (Å²) >= 11 is 0. The number of rotatable bonds is 4. The lowest BCUT2D eigenvalue weighted by Crippen LogP contribution is -2.42. The molecule has 0 aliphatic heterocycles. The summed E-state index contributed by atoms with van der Waals surface area (Å²) in [5.41, 5.74) is 0. The molecular formula is C13H22N4O. The molecule has 0 spiro atoms. The quantitative estimate of drug-likeness (QED) is 0.888. The molecule has 1 amide bonds. The molecule has 0 aromatic carbocycles. The first-order valence-corrected chi connectivity index (χ1v) is 6.84. The van der Waals surface area contributed by atoms with Crippen molar-refractivity contribution in [3.05, 3.63) is 12.4 Å². The van der Waals surface area contributed by atoms with Gasteiger partial charge in [0.1, 0.15) is 6.04 Å². The molecule has 1 heterocycles. The van der Waals surface area contributed by atoms with Gasteiger partial charge in [-0.1, -0.05) is 38.3 Å². The fourth-order valence-electron chi connectivity index (χ4n) is 2.63.